The number of aryl methyl sites for hydroxylation is 1. The van der Waals surface area contributed by atoms with Gasteiger partial charge in [0.15, 0.2) is 0 Å². The predicted molar refractivity (Wildman–Crippen MR) is 108 cm³/mol. The Kier molecular flexibility index (Phi) is 4.87. The molecule has 1 atom stereocenters. The molecule has 0 radical (unpaired) electrons. The molecule has 2 heterocycles. The van der Waals surface area contributed by atoms with Gasteiger partial charge in [-0.2, -0.15) is 0 Å². The van der Waals surface area contributed by atoms with Crippen LogP contribution < -0.4 is 9.64 Å². The van der Waals surface area contributed by atoms with Gasteiger partial charge in [-0.25, -0.2) is 4.39 Å². The average Bonchev–Trinajstić information content (AvgIpc) is 3.37. The van der Waals surface area contributed by atoms with E-state index in [-0.39, 0.29) is 11.1 Å². The molecular weight excluding hydrogens is 389 g/mol. The number of Topliss-reactive ketones (excluding diaryl/α,β-unsaturated/α-hetero) is 1. The van der Waals surface area contributed by atoms with Crippen molar-refractivity contribution in [2.24, 2.45) is 0 Å². The normalized spacial score (nSPS) is 18.1. The van der Waals surface area contributed by atoms with Gasteiger partial charge in [0.05, 0.1) is 24.6 Å². The second kappa shape index (κ2) is 7.51. The Morgan fingerprint density at radius 2 is 1.90 bits per heavy atom. The Balaban J connectivity index is 1.95. The van der Waals surface area contributed by atoms with Crippen LogP contribution >= 0.6 is 0 Å². The highest BCUT2D eigenvalue weighted by Gasteiger charge is 2.49. The minimum absolute atomic E-state index is 0.146. The number of para-hydroxylation sites is 2. The highest BCUT2D eigenvalue weighted by molar-refractivity contribution is 6.51. The molecule has 0 saturated carbocycles. The highest BCUT2D eigenvalue weighted by Crippen LogP contribution is 2.44. The van der Waals surface area contributed by atoms with Gasteiger partial charge in [0, 0.05) is 5.56 Å². The summed E-state index contributed by atoms with van der Waals surface area (Å²) in [5.74, 6) is -1.88. The molecule has 1 aromatic heterocycles. The first-order chi connectivity index (χ1) is 14.4. The van der Waals surface area contributed by atoms with Crippen LogP contribution in [0.15, 0.2) is 70.9 Å². The summed E-state index contributed by atoms with van der Waals surface area (Å²) in [4.78, 5) is 27.3. The molecule has 1 amide bonds. The van der Waals surface area contributed by atoms with Gasteiger partial charge in [-0.15, -0.1) is 0 Å². The minimum atomic E-state index is -1.01. The number of anilines is 1. The van der Waals surface area contributed by atoms with Crippen molar-refractivity contribution in [3.05, 3.63) is 89.1 Å². The molecule has 1 aliphatic rings. The molecule has 1 fully saturated rings. The fourth-order valence-electron chi connectivity index (χ4n) is 3.57. The van der Waals surface area contributed by atoms with E-state index in [0.29, 0.717) is 22.8 Å². The maximum Gasteiger partial charge on any atom is 0.300 e. The number of methoxy groups -OCH3 is 1. The second-order valence-electron chi connectivity index (χ2n) is 6.82. The third-order valence-corrected chi connectivity index (χ3v) is 5.03. The SMILES string of the molecule is COc1ccccc1N1C(=O)C(=O)/C(=C(\O)c2ccc(F)c(C)c2)C1c1ccco1. The quantitative estimate of drug-likeness (QED) is 0.395. The van der Waals surface area contributed by atoms with E-state index in [4.69, 9.17) is 9.15 Å². The fraction of sp³-hybridized carbons (Fsp3) is 0.130. The minimum Gasteiger partial charge on any atom is -0.507 e. The number of nitrogens with zero attached hydrogens (tertiary/aromatic N) is 1. The number of aliphatic hydroxyl groups is 1. The van der Waals surface area contributed by atoms with E-state index in [1.165, 1.54) is 36.5 Å². The number of ketones is 1. The molecule has 1 N–H and O–H groups in total. The Morgan fingerprint density at radius 1 is 1.13 bits per heavy atom. The topological polar surface area (TPSA) is 80.0 Å². The summed E-state index contributed by atoms with van der Waals surface area (Å²) in [6.07, 6.45) is 1.42. The van der Waals surface area contributed by atoms with Crippen LogP contribution in [0, 0.1) is 12.7 Å². The number of ether oxygens (including phenoxy) is 1. The van der Waals surface area contributed by atoms with Gasteiger partial charge in [-0.3, -0.25) is 14.5 Å². The summed E-state index contributed by atoms with van der Waals surface area (Å²) < 4.78 is 24.6. The van der Waals surface area contributed by atoms with Crippen molar-refractivity contribution >= 4 is 23.1 Å². The van der Waals surface area contributed by atoms with E-state index in [2.05, 4.69) is 0 Å². The molecule has 7 heteroatoms. The summed E-state index contributed by atoms with van der Waals surface area (Å²) in [5, 5.41) is 11.0. The molecule has 2 aromatic carbocycles. The maximum absolute atomic E-state index is 13.7. The molecule has 1 unspecified atom stereocenters. The van der Waals surface area contributed by atoms with Crippen LogP contribution in [0.25, 0.3) is 5.76 Å². The van der Waals surface area contributed by atoms with Crippen LogP contribution in [0.2, 0.25) is 0 Å². The number of carbonyl (C=O) groups excluding carboxylic acids is 2. The summed E-state index contributed by atoms with van der Waals surface area (Å²) >= 11 is 0. The first-order valence-electron chi connectivity index (χ1n) is 9.18. The van der Waals surface area contributed by atoms with Crippen LogP contribution in [0.5, 0.6) is 5.75 Å². The smallest absolute Gasteiger partial charge is 0.300 e. The molecule has 0 bridgehead atoms. The number of hydrogen-bond acceptors (Lipinski definition) is 5. The maximum atomic E-state index is 13.7. The molecule has 0 spiro atoms. The van der Waals surface area contributed by atoms with E-state index in [1.54, 1.807) is 43.3 Å². The molecule has 6 nitrogen and oxygen atoms in total. The van der Waals surface area contributed by atoms with Crippen LogP contribution in [0.3, 0.4) is 0 Å². The van der Waals surface area contributed by atoms with E-state index >= 15 is 0 Å². The number of benzene rings is 2. The van der Waals surface area contributed by atoms with E-state index in [1.807, 2.05) is 0 Å². The standard InChI is InChI=1S/C23H18FNO5/c1-13-12-14(9-10-15(13)24)21(26)19-20(18-8-5-11-30-18)25(23(28)22(19)27)16-6-3-4-7-17(16)29-2/h3-12,20,26H,1-2H3/b21-19-. The van der Waals surface area contributed by atoms with E-state index < -0.39 is 29.3 Å². The lowest BCUT2D eigenvalue weighted by Gasteiger charge is -2.24. The predicted octanol–water partition coefficient (Wildman–Crippen LogP) is 4.36. The summed E-state index contributed by atoms with van der Waals surface area (Å²) in [7, 11) is 1.46. The number of rotatable bonds is 4. The largest absolute Gasteiger partial charge is 0.507 e. The first-order valence-corrected chi connectivity index (χ1v) is 9.18. The average molecular weight is 407 g/mol. The number of carbonyl (C=O) groups is 2. The zero-order chi connectivity index (χ0) is 21.4. The molecule has 4 rings (SSSR count). The van der Waals surface area contributed by atoms with Gasteiger partial charge in [-0.05, 0) is 55.0 Å². The van der Waals surface area contributed by atoms with Gasteiger partial charge in [-0.1, -0.05) is 12.1 Å². The summed E-state index contributed by atoms with van der Waals surface area (Å²) in [6, 6.07) is 12.9. The van der Waals surface area contributed by atoms with Crippen molar-refractivity contribution < 1.29 is 28.2 Å². The van der Waals surface area contributed by atoms with Crippen molar-refractivity contribution in [1.82, 2.24) is 0 Å². The van der Waals surface area contributed by atoms with Gasteiger partial charge < -0.3 is 14.3 Å². The highest BCUT2D eigenvalue weighted by atomic mass is 19.1. The van der Waals surface area contributed by atoms with Crippen molar-refractivity contribution in [2.75, 3.05) is 12.0 Å². The molecule has 3 aromatic rings. The lowest BCUT2D eigenvalue weighted by molar-refractivity contribution is -0.132. The van der Waals surface area contributed by atoms with E-state index in [0.717, 1.165) is 0 Å². The molecular formula is C23H18FNO5. The van der Waals surface area contributed by atoms with E-state index in [9.17, 15) is 19.1 Å². The molecule has 1 aliphatic heterocycles. The van der Waals surface area contributed by atoms with Gasteiger partial charge >= 0.3 is 0 Å². The second-order valence-corrected chi connectivity index (χ2v) is 6.82. The lowest BCUT2D eigenvalue weighted by Crippen LogP contribution is -2.29. The third kappa shape index (κ3) is 3.04. The molecule has 30 heavy (non-hydrogen) atoms. The number of aliphatic hydroxyl groups excluding tert-OH is 1. The zero-order valence-corrected chi connectivity index (χ0v) is 16.3. The van der Waals surface area contributed by atoms with Crippen molar-refractivity contribution in [1.29, 1.82) is 0 Å². The summed E-state index contributed by atoms with van der Waals surface area (Å²) in [6.45, 7) is 1.55. The number of hydrogen-bond donors (Lipinski definition) is 1. The Bertz CT molecular complexity index is 1170. The zero-order valence-electron chi connectivity index (χ0n) is 16.3. The van der Waals surface area contributed by atoms with Gasteiger partial charge in [0.25, 0.3) is 11.7 Å². The summed E-state index contributed by atoms with van der Waals surface area (Å²) in [5.41, 5.74) is 0.737. The van der Waals surface area contributed by atoms with Crippen LogP contribution in [0.4, 0.5) is 10.1 Å². The Labute approximate surface area is 171 Å². The monoisotopic (exact) mass is 407 g/mol. The number of furan rings is 1. The first kappa shape index (κ1) is 19.4. The third-order valence-electron chi connectivity index (χ3n) is 5.03. The number of amides is 1. The van der Waals surface area contributed by atoms with Gasteiger partial charge in [0.2, 0.25) is 0 Å². The lowest BCUT2D eigenvalue weighted by atomic mass is 9.98. The molecule has 152 valence electrons. The van der Waals surface area contributed by atoms with Crippen molar-refractivity contribution in [3.63, 3.8) is 0 Å². The van der Waals surface area contributed by atoms with Gasteiger partial charge in [0.1, 0.15) is 29.1 Å². The van der Waals surface area contributed by atoms with Crippen molar-refractivity contribution in [3.8, 4) is 5.75 Å². The molecule has 1 saturated heterocycles. The fourth-order valence-corrected chi connectivity index (χ4v) is 3.57. The Morgan fingerprint density at radius 3 is 2.57 bits per heavy atom. The van der Waals surface area contributed by atoms with Crippen LogP contribution in [-0.4, -0.2) is 23.9 Å². The van der Waals surface area contributed by atoms with Crippen LogP contribution in [0.1, 0.15) is 22.9 Å². The molecule has 0 aliphatic carbocycles. The van der Waals surface area contributed by atoms with Crippen molar-refractivity contribution in [2.45, 2.75) is 13.0 Å². The Hall–Kier alpha value is -3.87. The van der Waals surface area contributed by atoms with Crippen LogP contribution in [-0.2, 0) is 9.59 Å². The number of halogens is 1.